The molecule has 2 heteroatoms. The molecule has 0 bridgehead atoms. The van der Waals surface area contributed by atoms with Crippen LogP contribution in [-0.2, 0) is 0 Å². The summed E-state index contributed by atoms with van der Waals surface area (Å²) in [4.78, 5) is 0. The molecule has 0 saturated carbocycles. The molecule has 0 amide bonds. The Morgan fingerprint density at radius 1 is 1.25 bits per heavy atom. The lowest BCUT2D eigenvalue weighted by Crippen LogP contribution is -2.31. The summed E-state index contributed by atoms with van der Waals surface area (Å²) in [6, 6.07) is 0. The van der Waals surface area contributed by atoms with Crippen LogP contribution in [0.2, 0.25) is 0 Å². The zero-order valence-electron chi connectivity index (χ0n) is 8.77. The molecule has 0 aliphatic rings. The maximum absolute atomic E-state index is 5.87. The quantitative estimate of drug-likeness (QED) is 0.642. The molecule has 0 rings (SSSR count). The van der Waals surface area contributed by atoms with Crippen LogP contribution in [0.1, 0.15) is 46.5 Å². The van der Waals surface area contributed by atoms with E-state index < -0.39 is 0 Å². The molecule has 4 N–H and O–H groups in total. The van der Waals surface area contributed by atoms with Gasteiger partial charge in [0.25, 0.3) is 0 Å². The van der Waals surface area contributed by atoms with E-state index in [1.807, 2.05) is 0 Å². The van der Waals surface area contributed by atoms with Gasteiger partial charge in [0.2, 0.25) is 0 Å². The molecule has 2 nitrogen and oxygen atoms in total. The van der Waals surface area contributed by atoms with Crippen molar-refractivity contribution in [3.8, 4) is 0 Å². The SMILES string of the molecule is CC(CCN)CCCC(C)(C)N. The van der Waals surface area contributed by atoms with E-state index in [-0.39, 0.29) is 5.54 Å². The average molecular weight is 172 g/mol. The number of nitrogens with two attached hydrogens (primary N) is 2. The Labute approximate surface area is 76.7 Å². The van der Waals surface area contributed by atoms with Crippen molar-refractivity contribution in [2.45, 2.75) is 52.0 Å². The van der Waals surface area contributed by atoms with Crippen LogP contribution in [0, 0.1) is 5.92 Å². The third-order valence-corrected chi connectivity index (χ3v) is 2.18. The van der Waals surface area contributed by atoms with Gasteiger partial charge in [0.15, 0.2) is 0 Å². The van der Waals surface area contributed by atoms with Crippen LogP contribution >= 0.6 is 0 Å². The number of hydrogen-bond donors (Lipinski definition) is 2. The molecule has 0 fully saturated rings. The Kier molecular flexibility index (Phi) is 5.51. The minimum atomic E-state index is 0.00242. The lowest BCUT2D eigenvalue weighted by Gasteiger charge is -2.19. The smallest absolute Gasteiger partial charge is 0.00970 e. The van der Waals surface area contributed by atoms with Crippen LogP contribution in [-0.4, -0.2) is 12.1 Å². The first kappa shape index (κ1) is 11.9. The molecular weight excluding hydrogens is 148 g/mol. The zero-order chi connectivity index (χ0) is 9.61. The van der Waals surface area contributed by atoms with Crippen molar-refractivity contribution in [2.75, 3.05) is 6.54 Å². The molecule has 1 unspecified atom stereocenters. The summed E-state index contributed by atoms with van der Waals surface area (Å²) in [5, 5.41) is 0. The summed E-state index contributed by atoms with van der Waals surface area (Å²) < 4.78 is 0. The molecular formula is C10H24N2. The average Bonchev–Trinajstić information content (AvgIpc) is 1.84. The molecule has 0 radical (unpaired) electrons. The molecule has 12 heavy (non-hydrogen) atoms. The predicted molar refractivity (Wildman–Crippen MR) is 55.0 cm³/mol. The molecule has 0 aromatic carbocycles. The topological polar surface area (TPSA) is 52.0 Å². The third kappa shape index (κ3) is 8.02. The summed E-state index contributed by atoms with van der Waals surface area (Å²) in [5.74, 6) is 0.761. The van der Waals surface area contributed by atoms with Gasteiger partial charge in [-0.05, 0) is 39.2 Å². The zero-order valence-corrected chi connectivity index (χ0v) is 8.77. The number of rotatable bonds is 6. The van der Waals surface area contributed by atoms with Crippen molar-refractivity contribution >= 4 is 0 Å². The van der Waals surface area contributed by atoms with Crippen molar-refractivity contribution in [1.29, 1.82) is 0 Å². The van der Waals surface area contributed by atoms with Gasteiger partial charge in [-0.1, -0.05) is 19.8 Å². The van der Waals surface area contributed by atoms with Crippen LogP contribution < -0.4 is 11.5 Å². The van der Waals surface area contributed by atoms with Crippen LogP contribution in [0.4, 0.5) is 0 Å². The molecule has 1 atom stereocenters. The van der Waals surface area contributed by atoms with E-state index in [9.17, 15) is 0 Å². The minimum Gasteiger partial charge on any atom is -0.330 e. The molecule has 0 spiro atoms. The van der Waals surface area contributed by atoms with Gasteiger partial charge in [0, 0.05) is 5.54 Å². The van der Waals surface area contributed by atoms with E-state index in [1.165, 1.54) is 12.8 Å². The van der Waals surface area contributed by atoms with E-state index >= 15 is 0 Å². The summed E-state index contributed by atoms with van der Waals surface area (Å²) in [5.41, 5.74) is 11.3. The molecule has 0 aromatic rings. The van der Waals surface area contributed by atoms with Crippen molar-refractivity contribution in [2.24, 2.45) is 17.4 Å². The highest BCUT2D eigenvalue weighted by molar-refractivity contribution is 4.71. The largest absolute Gasteiger partial charge is 0.330 e. The standard InChI is InChI=1S/C10H24N2/c1-9(6-8-11)5-4-7-10(2,3)12/h9H,4-8,11-12H2,1-3H3. The lowest BCUT2D eigenvalue weighted by atomic mass is 9.94. The second-order valence-corrected chi connectivity index (χ2v) is 4.56. The highest BCUT2D eigenvalue weighted by atomic mass is 14.7. The van der Waals surface area contributed by atoms with Crippen molar-refractivity contribution < 1.29 is 0 Å². The Hall–Kier alpha value is -0.0800. The second-order valence-electron chi connectivity index (χ2n) is 4.56. The van der Waals surface area contributed by atoms with Crippen LogP contribution in [0.3, 0.4) is 0 Å². The fourth-order valence-electron chi connectivity index (χ4n) is 1.33. The fraction of sp³-hybridized carbons (Fsp3) is 1.00. The Bertz CT molecular complexity index is 105. The van der Waals surface area contributed by atoms with E-state index in [2.05, 4.69) is 20.8 Å². The van der Waals surface area contributed by atoms with Crippen molar-refractivity contribution in [3.05, 3.63) is 0 Å². The van der Waals surface area contributed by atoms with Gasteiger partial charge in [-0.2, -0.15) is 0 Å². The summed E-state index contributed by atoms with van der Waals surface area (Å²) in [6.45, 7) is 7.24. The Morgan fingerprint density at radius 3 is 2.25 bits per heavy atom. The van der Waals surface area contributed by atoms with Crippen molar-refractivity contribution in [1.82, 2.24) is 0 Å². The van der Waals surface area contributed by atoms with E-state index in [0.717, 1.165) is 25.3 Å². The first-order valence-corrected chi connectivity index (χ1v) is 4.94. The van der Waals surface area contributed by atoms with Gasteiger partial charge < -0.3 is 11.5 Å². The predicted octanol–water partition coefficient (Wildman–Crippen LogP) is 1.88. The van der Waals surface area contributed by atoms with Gasteiger partial charge in [0.05, 0.1) is 0 Å². The van der Waals surface area contributed by atoms with E-state index in [0.29, 0.717) is 0 Å². The Morgan fingerprint density at radius 2 is 1.83 bits per heavy atom. The summed E-state index contributed by atoms with van der Waals surface area (Å²) in [6.07, 6.45) is 4.75. The molecule has 0 saturated heterocycles. The van der Waals surface area contributed by atoms with Crippen LogP contribution in [0.5, 0.6) is 0 Å². The normalized spacial score (nSPS) is 14.8. The van der Waals surface area contributed by atoms with E-state index in [4.69, 9.17) is 11.5 Å². The monoisotopic (exact) mass is 172 g/mol. The molecule has 0 aromatic heterocycles. The van der Waals surface area contributed by atoms with Crippen LogP contribution in [0.15, 0.2) is 0 Å². The summed E-state index contributed by atoms with van der Waals surface area (Å²) >= 11 is 0. The highest BCUT2D eigenvalue weighted by Crippen LogP contribution is 2.15. The first-order valence-electron chi connectivity index (χ1n) is 4.94. The Balaban J connectivity index is 3.31. The van der Waals surface area contributed by atoms with Gasteiger partial charge >= 0.3 is 0 Å². The maximum Gasteiger partial charge on any atom is 0.00970 e. The summed E-state index contributed by atoms with van der Waals surface area (Å²) in [7, 11) is 0. The van der Waals surface area contributed by atoms with Gasteiger partial charge in [-0.25, -0.2) is 0 Å². The minimum absolute atomic E-state index is 0.00242. The van der Waals surface area contributed by atoms with Gasteiger partial charge in [-0.15, -0.1) is 0 Å². The van der Waals surface area contributed by atoms with Crippen LogP contribution in [0.25, 0.3) is 0 Å². The third-order valence-electron chi connectivity index (χ3n) is 2.18. The molecule has 0 heterocycles. The van der Waals surface area contributed by atoms with E-state index in [1.54, 1.807) is 0 Å². The lowest BCUT2D eigenvalue weighted by molar-refractivity contribution is 0.404. The molecule has 0 aliphatic carbocycles. The van der Waals surface area contributed by atoms with Gasteiger partial charge in [0.1, 0.15) is 0 Å². The van der Waals surface area contributed by atoms with Crippen molar-refractivity contribution in [3.63, 3.8) is 0 Å². The molecule has 0 aliphatic heterocycles. The second kappa shape index (κ2) is 5.55. The number of hydrogen-bond acceptors (Lipinski definition) is 2. The van der Waals surface area contributed by atoms with Gasteiger partial charge in [-0.3, -0.25) is 0 Å². The highest BCUT2D eigenvalue weighted by Gasteiger charge is 2.10. The maximum atomic E-state index is 5.87. The fourth-order valence-corrected chi connectivity index (χ4v) is 1.33. The first-order chi connectivity index (χ1) is 5.45. The molecule has 74 valence electrons.